The fourth-order valence-electron chi connectivity index (χ4n) is 1.05. The molecule has 0 saturated carbocycles. The van der Waals surface area contributed by atoms with Crippen molar-refractivity contribution < 1.29 is 4.79 Å². The minimum absolute atomic E-state index is 0.0582. The van der Waals surface area contributed by atoms with Crippen molar-refractivity contribution in [2.45, 2.75) is 13.3 Å². The van der Waals surface area contributed by atoms with Crippen molar-refractivity contribution >= 4 is 11.7 Å². The summed E-state index contributed by atoms with van der Waals surface area (Å²) in [5.74, 6) is 0.535. The largest absolute Gasteiger partial charge is 0.308 e. The van der Waals surface area contributed by atoms with Gasteiger partial charge in [-0.15, -0.1) is 0 Å². The summed E-state index contributed by atoms with van der Waals surface area (Å²) in [6, 6.07) is 1.76. The predicted octanol–water partition coefficient (Wildman–Crippen LogP) is 0.358. The predicted molar refractivity (Wildman–Crippen MR) is 55.0 cm³/mol. The molecule has 0 fully saturated rings. The molecule has 1 amide bonds. The molecule has 0 bridgehead atoms. The molecule has 1 aromatic heterocycles. The topological polar surface area (TPSA) is 59.0 Å². The molecule has 0 aliphatic rings. The lowest BCUT2D eigenvalue weighted by Gasteiger charge is -2.02. The van der Waals surface area contributed by atoms with Crippen LogP contribution in [0, 0.1) is 0 Å². The Morgan fingerprint density at radius 3 is 3.00 bits per heavy atom. The van der Waals surface area contributed by atoms with Gasteiger partial charge in [0.15, 0.2) is 5.82 Å². The molecule has 0 atom stereocenters. The van der Waals surface area contributed by atoms with E-state index >= 15 is 0 Å². The molecule has 1 heterocycles. The molecule has 5 nitrogen and oxygen atoms in total. The third-order valence-electron chi connectivity index (χ3n) is 1.69. The van der Waals surface area contributed by atoms with Crippen molar-refractivity contribution in [2.24, 2.45) is 7.05 Å². The summed E-state index contributed by atoms with van der Waals surface area (Å²) in [6.45, 7) is 3.25. The fourth-order valence-corrected chi connectivity index (χ4v) is 1.05. The Hall–Kier alpha value is -1.36. The molecule has 1 rings (SSSR count). The number of hydrogen-bond acceptors (Lipinski definition) is 3. The zero-order valence-corrected chi connectivity index (χ0v) is 8.58. The first kappa shape index (κ1) is 10.7. The van der Waals surface area contributed by atoms with E-state index in [4.69, 9.17) is 0 Å². The molecule has 0 radical (unpaired) electrons. The van der Waals surface area contributed by atoms with Gasteiger partial charge in [0.25, 0.3) is 0 Å². The second-order valence-corrected chi connectivity index (χ2v) is 3.10. The van der Waals surface area contributed by atoms with Crippen molar-refractivity contribution in [1.29, 1.82) is 0 Å². The number of rotatable bonds is 5. The minimum Gasteiger partial charge on any atom is -0.308 e. The highest BCUT2D eigenvalue weighted by Gasteiger charge is 2.02. The van der Waals surface area contributed by atoms with E-state index in [1.54, 1.807) is 16.9 Å². The van der Waals surface area contributed by atoms with Gasteiger partial charge < -0.3 is 10.6 Å². The summed E-state index contributed by atoms with van der Waals surface area (Å²) in [6.07, 6.45) is 2.81. The number of anilines is 1. The average Bonchev–Trinajstić information content (AvgIpc) is 2.52. The van der Waals surface area contributed by atoms with Crippen molar-refractivity contribution in [3.8, 4) is 0 Å². The van der Waals surface area contributed by atoms with Crippen LogP contribution in [0.4, 0.5) is 5.82 Å². The van der Waals surface area contributed by atoms with Crippen LogP contribution < -0.4 is 10.6 Å². The molecular weight excluding hydrogens is 180 g/mol. The third kappa shape index (κ3) is 3.57. The van der Waals surface area contributed by atoms with E-state index in [0.717, 1.165) is 13.0 Å². The normalized spacial score (nSPS) is 10.1. The molecular formula is C9H16N4O. The van der Waals surface area contributed by atoms with E-state index in [2.05, 4.69) is 22.7 Å². The summed E-state index contributed by atoms with van der Waals surface area (Å²) in [5.41, 5.74) is 0. The molecule has 0 saturated heterocycles. The van der Waals surface area contributed by atoms with Crippen molar-refractivity contribution in [2.75, 3.05) is 18.4 Å². The molecule has 2 N–H and O–H groups in total. The number of amides is 1. The lowest BCUT2D eigenvalue weighted by atomic mass is 10.4. The zero-order valence-electron chi connectivity index (χ0n) is 8.58. The Morgan fingerprint density at radius 1 is 1.64 bits per heavy atom. The maximum absolute atomic E-state index is 11.3. The van der Waals surface area contributed by atoms with Gasteiger partial charge in [-0.2, -0.15) is 5.10 Å². The molecule has 14 heavy (non-hydrogen) atoms. The third-order valence-corrected chi connectivity index (χ3v) is 1.69. The molecule has 0 aromatic carbocycles. The van der Waals surface area contributed by atoms with Gasteiger partial charge in [0, 0.05) is 19.3 Å². The lowest BCUT2D eigenvalue weighted by molar-refractivity contribution is -0.115. The quantitative estimate of drug-likeness (QED) is 0.668. The van der Waals surface area contributed by atoms with Crippen molar-refractivity contribution in [3.05, 3.63) is 12.3 Å². The number of carbonyl (C=O) groups excluding carboxylic acids is 1. The van der Waals surface area contributed by atoms with Gasteiger partial charge in [-0.25, -0.2) is 0 Å². The molecule has 0 spiro atoms. The van der Waals surface area contributed by atoms with E-state index in [0.29, 0.717) is 12.4 Å². The van der Waals surface area contributed by atoms with Crippen LogP contribution in [0.2, 0.25) is 0 Å². The van der Waals surface area contributed by atoms with Crippen LogP contribution in [0.5, 0.6) is 0 Å². The smallest absolute Gasteiger partial charge is 0.239 e. The van der Waals surface area contributed by atoms with E-state index in [1.807, 2.05) is 7.05 Å². The summed E-state index contributed by atoms with van der Waals surface area (Å²) in [7, 11) is 1.81. The van der Waals surface area contributed by atoms with Gasteiger partial charge in [-0.1, -0.05) is 6.92 Å². The highest BCUT2D eigenvalue weighted by molar-refractivity contribution is 5.91. The standard InChI is InChI=1S/C9H16N4O/c1-3-5-10-7-9(14)11-8-4-6-13(2)12-8/h4,6,10H,3,5,7H2,1-2H3,(H,11,12,14). The van der Waals surface area contributed by atoms with Gasteiger partial charge in [0.05, 0.1) is 6.54 Å². The Morgan fingerprint density at radius 2 is 2.43 bits per heavy atom. The second kappa shape index (κ2) is 5.39. The number of hydrogen-bond donors (Lipinski definition) is 2. The van der Waals surface area contributed by atoms with Crippen LogP contribution in [0.15, 0.2) is 12.3 Å². The van der Waals surface area contributed by atoms with E-state index in [9.17, 15) is 4.79 Å². The number of aromatic nitrogens is 2. The number of nitrogens with one attached hydrogen (secondary N) is 2. The van der Waals surface area contributed by atoms with E-state index in [1.165, 1.54) is 0 Å². The van der Waals surface area contributed by atoms with Gasteiger partial charge in [-0.05, 0) is 13.0 Å². The molecule has 5 heteroatoms. The molecule has 0 unspecified atom stereocenters. The maximum atomic E-state index is 11.3. The number of aryl methyl sites for hydroxylation is 1. The van der Waals surface area contributed by atoms with Gasteiger partial charge in [0.2, 0.25) is 5.91 Å². The Bertz CT molecular complexity index is 295. The molecule has 78 valence electrons. The zero-order chi connectivity index (χ0) is 10.4. The minimum atomic E-state index is -0.0582. The van der Waals surface area contributed by atoms with Crippen LogP contribution in [-0.2, 0) is 11.8 Å². The van der Waals surface area contributed by atoms with E-state index in [-0.39, 0.29) is 5.91 Å². The first-order valence-corrected chi connectivity index (χ1v) is 4.72. The maximum Gasteiger partial charge on any atom is 0.239 e. The number of nitrogens with zero attached hydrogens (tertiary/aromatic N) is 2. The Balaban J connectivity index is 2.27. The van der Waals surface area contributed by atoms with Gasteiger partial charge >= 0.3 is 0 Å². The Kier molecular flexibility index (Phi) is 4.12. The van der Waals surface area contributed by atoms with Crippen LogP contribution in [0.25, 0.3) is 0 Å². The molecule has 1 aromatic rings. The molecule has 0 aliphatic carbocycles. The first-order chi connectivity index (χ1) is 6.72. The lowest BCUT2D eigenvalue weighted by Crippen LogP contribution is -2.28. The monoisotopic (exact) mass is 196 g/mol. The SMILES string of the molecule is CCCNCC(=O)Nc1ccn(C)n1. The summed E-state index contributed by atoms with van der Waals surface area (Å²) >= 11 is 0. The fraction of sp³-hybridized carbons (Fsp3) is 0.556. The summed E-state index contributed by atoms with van der Waals surface area (Å²) in [4.78, 5) is 11.3. The molecule has 0 aliphatic heterocycles. The average molecular weight is 196 g/mol. The number of carbonyl (C=O) groups is 1. The van der Waals surface area contributed by atoms with E-state index < -0.39 is 0 Å². The van der Waals surface area contributed by atoms with Gasteiger partial charge in [-0.3, -0.25) is 9.48 Å². The first-order valence-electron chi connectivity index (χ1n) is 4.72. The van der Waals surface area contributed by atoms with Crippen molar-refractivity contribution in [1.82, 2.24) is 15.1 Å². The van der Waals surface area contributed by atoms with Crippen LogP contribution in [0.3, 0.4) is 0 Å². The summed E-state index contributed by atoms with van der Waals surface area (Å²) in [5, 5.41) is 9.74. The Labute approximate surface area is 83.5 Å². The summed E-state index contributed by atoms with van der Waals surface area (Å²) < 4.78 is 1.65. The second-order valence-electron chi connectivity index (χ2n) is 3.10. The highest BCUT2D eigenvalue weighted by atomic mass is 16.2. The van der Waals surface area contributed by atoms with Crippen LogP contribution >= 0.6 is 0 Å². The highest BCUT2D eigenvalue weighted by Crippen LogP contribution is 1.99. The van der Waals surface area contributed by atoms with Crippen molar-refractivity contribution in [3.63, 3.8) is 0 Å². The van der Waals surface area contributed by atoms with Gasteiger partial charge in [0.1, 0.15) is 0 Å². The van der Waals surface area contributed by atoms with Crippen LogP contribution in [-0.4, -0.2) is 28.8 Å². The van der Waals surface area contributed by atoms with Crippen LogP contribution in [0.1, 0.15) is 13.3 Å².